The standard InChI is InChI=1S/C16H15FN6S/c1-3-9-23-14(11-5-7-18-8-6-11)21-22-16(23)24-15-13(17)12(4-2)19-10-20-15/h3,5-8,10H,1,4,9H2,2H3. The van der Waals surface area contributed by atoms with Crippen molar-refractivity contribution in [1.82, 2.24) is 29.7 Å². The average molecular weight is 342 g/mol. The summed E-state index contributed by atoms with van der Waals surface area (Å²) in [4.78, 5) is 12.0. The van der Waals surface area contributed by atoms with Gasteiger partial charge in [0.2, 0.25) is 0 Å². The van der Waals surface area contributed by atoms with E-state index in [9.17, 15) is 4.39 Å². The Morgan fingerprint density at radius 3 is 2.75 bits per heavy atom. The molecule has 0 unspecified atom stereocenters. The second-order valence-electron chi connectivity index (χ2n) is 4.84. The lowest BCUT2D eigenvalue weighted by Gasteiger charge is -2.08. The molecule has 122 valence electrons. The molecule has 6 nitrogen and oxygen atoms in total. The maximum atomic E-state index is 14.4. The van der Waals surface area contributed by atoms with Crippen LogP contribution in [0.1, 0.15) is 12.6 Å². The predicted molar refractivity (Wildman–Crippen MR) is 88.9 cm³/mol. The monoisotopic (exact) mass is 342 g/mol. The van der Waals surface area contributed by atoms with Gasteiger partial charge in [-0.25, -0.2) is 14.4 Å². The topological polar surface area (TPSA) is 69.4 Å². The summed E-state index contributed by atoms with van der Waals surface area (Å²) in [6.07, 6.45) is 6.98. The molecule has 0 atom stereocenters. The van der Waals surface area contributed by atoms with Gasteiger partial charge in [0.15, 0.2) is 16.8 Å². The van der Waals surface area contributed by atoms with Crippen LogP contribution in [-0.2, 0) is 13.0 Å². The molecule has 24 heavy (non-hydrogen) atoms. The number of halogens is 1. The smallest absolute Gasteiger partial charge is 0.198 e. The van der Waals surface area contributed by atoms with Crippen LogP contribution < -0.4 is 0 Å². The molecular weight excluding hydrogens is 327 g/mol. The Hall–Kier alpha value is -2.61. The van der Waals surface area contributed by atoms with E-state index in [0.717, 1.165) is 17.3 Å². The van der Waals surface area contributed by atoms with Gasteiger partial charge >= 0.3 is 0 Å². The fourth-order valence-corrected chi connectivity index (χ4v) is 3.00. The van der Waals surface area contributed by atoms with E-state index < -0.39 is 5.82 Å². The van der Waals surface area contributed by atoms with E-state index in [1.165, 1.54) is 6.33 Å². The van der Waals surface area contributed by atoms with Gasteiger partial charge in [0.1, 0.15) is 11.4 Å². The van der Waals surface area contributed by atoms with Crippen molar-refractivity contribution in [2.45, 2.75) is 30.1 Å². The van der Waals surface area contributed by atoms with Crippen molar-refractivity contribution in [2.24, 2.45) is 0 Å². The van der Waals surface area contributed by atoms with Crippen LogP contribution >= 0.6 is 11.8 Å². The minimum Gasteiger partial charge on any atom is -0.298 e. The van der Waals surface area contributed by atoms with Gasteiger partial charge in [0, 0.05) is 24.5 Å². The molecule has 0 spiro atoms. The van der Waals surface area contributed by atoms with Gasteiger partial charge in [-0.3, -0.25) is 9.55 Å². The van der Waals surface area contributed by atoms with Gasteiger partial charge in [0.05, 0.1) is 5.69 Å². The summed E-state index contributed by atoms with van der Waals surface area (Å²) in [5.74, 6) is 0.258. The largest absolute Gasteiger partial charge is 0.298 e. The SMILES string of the molecule is C=CCn1c(Sc2ncnc(CC)c2F)nnc1-c1ccncc1. The summed E-state index contributed by atoms with van der Waals surface area (Å²) in [6, 6.07) is 3.69. The van der Waals surface area contributed by atoms with Crippen LogP contribution in [0, 0.1) is 5.82 Å². The van der Waals surface area contributed by atoms with Crippen LogP contribution in [0.25, 0.3) is 11.4 Å². The van der Waals surface area contributed by atoms with Crippen molar-refractivity contribution < 1.29 is 4.39 Å². The number of hydrogen-bond acceptors (Lipinski definition) is 6. The summed E-state index contributed by atoms with van der Waals surface area (Å²) in [5, 5.41) is 9.19. The van der Waals surface area contributed by atoms with E-state index in [1.54, 1.807) is 18.5 Å². The molecule has 3 rings (SSSR count). The molecule has 0 bridgehead atoms. The Morgan fingerprint density at radius 1 is 1.25 bits per heavy atom. The molecule has 0 radical (unpaired) electrons. The van der Waals surface area contributed by atoms with Gasteiger partial charge in [-0.05, 0) is 30.3 Å². The van der Waals surface area contributed by atoms with Gasteiger partial charge in [-0.1, -0.05) is 13.0 Å². The normalized spacial score (nSPS) is 10.8. The van der Waals surface area contributed by atoms with Crippen molar-refractivity contribution in [3.8, 4) is 11.4 Å². The third-order valence-electron chi connectivity index (χ3n) is 3.32. The average Bonchev–Trinajstić information content (AvgIpc) is 3.00. The highest BCUT2D eigenvalue weighted by Gasteiger charge is 2.18. The molecule has 0 fully saturated rings. The lowest BCUT2D eigenvalue weighted by molar-refractivity contribution is 0.558. The highest BCUT2D eigenvalue weighted by Crippen LogP contribution is 2.30. The Morgan fingerprint density at radius 2 is 2.04 bits per heavy atom. The second-order valence-corrected chi connectivity index (χ2v) is 5.79. The number of pyridine rings is 1. The van der Waals surface area contributed by atoms with E-state index in [1.807, 2.05) is 23.6 Å². The van der Waals surface area contributed by atoms with E-state index >= 15 is 0 Å². The highest BCUT2D eigenvalue weighted by molar-refractivity contribution is 7.99. The van der Waals surface area contributed by atoms with E-state index in [0.29, 0.717) is 29.6 Å². The third-order valence-corrected chi connectivity index (χ3v) is 4.28. The van der Waals surface area contributed by atoms with Crippen LogP contribution in [0.4, 0.5) is 4.39 Å². The van der Waals surface area contributed by atoms with Gasteiger partial charge < -0.3 is 0 Å². The molecule has 3 aromatic rings. The fraction of sp³-hybridized carbons (Fsp3) is 0.188. The molecule has 0 saturated carbocycles. The van der Waals surface area contributed by atoms with Crippen LogP contribution in [0.5, 0.6) is 0 Å². The van der Waals surface area contributed by atoms with Crippen LogP contribution in [0.2, 0.25) is 0 Å². The van der Waals surface area contributed by atoms with Gasteiger partial charge in [-0.2, -0.15) is 0 Å². The molecule has 0 aromatic carbocycles. The number of nitrogens with zero attached hydrogens (tertiary/aromatic N) is 6. The van der Waals surface area contributed by atoms with Crippen molar-refractivity contribution in [3.05, 3.63) is 55.0 Å². The number of aromatic nitrogens is 6. The molecule has 0 aliphatic carbocycles. The van der Waals surface area contributed by atoms with E-state index in [-0.39, 0.29) is 5.03 Å². The Bertz CT molecular complexity index is 849. The summed E-state index contributed by atoms with van der Waals surface area (Å²) in [6.45, 7) is 6.11. The molecular formula is C16H15FN6S. The summed E-state index contributed by atoms with van der Waals surface area (Å²) in [7, 11) is 0. The minimum absolute atomic E-state index is 0.237. The van der Waals surface area contributed by atoms with Crippen molar-refractivity contribution in [1.29, 1.82) is 0 Å². The molecule has 8 heteroatoms. The molecule has 3 heterocycles. The highest BCUT2D eigenvalue weighted by atomic mass is 32.2. The van der Waals surface area contributed by atoms with Crippen LogP contribution in [-0.4, -0.2) is 29.7 Å². The zero-order valence-electron chi connectivity index (χ0n) is 13.1. The van der Waals surface area contributed by atoms with Gasteiger partial charge in [-0.15, -0.1) is 16.8 Å². The first-order valence-electron chi connectivity index (χ1n) is 7.36. The zero-order chi connectivity index (χ0) is 16.9. The molecule has 0 amide bonds. The third kappa shape index (κ3) is 3.18. The first kappa shape index (κ1) is 16.3. The molecule has 0 N–H and O–H groups in total. The van der Waals surface area contributed by atoms with Crippen molar-refractivity contribution in [3.63, 3.8) is 0 Å². The number of aryl methyl sites for hydroxylation is 1. The van der Waals surface area contributed by atoms with Crippen LogP contribution in [0.3, 0.4) is 0 Å². The molecule has 3 aromatic heterocycles. The second kappa shape index (κ2) is 7.31. The van der Waals surface area contributed by atoms with Crippen LogP contribution in [0.15, 0.2) is 53.7 Å². The number of allylic oxidation sites excluding steroid dienone is 1. The van der Waals surface area contributed by atoms with Crippen molar-refractivity contribution in [2.75, 3.05) is 0 Å². The molecule has 0 aliphatic rings. The predicted octanol–water partition coefficient (Wildman–Crippen LogP) is 3.17. The first-order chi connectivity index (χ1) is 11.7. The molecule has 0 aliphatic heterocycles. The maximum Gasteiger partial charge on any atom is 0.198 e. The maximum absolute atomic E-state index is 14.4. The Kier molecular flexibility index (Phi) is 4.95. The van der Waals surface area contributed by atoms with Crippen molar-refractivity contribution >= 4 is 11.8 Å². The summed E-state index contributed by atoms with van der Waals surface area (Å²) in [5.41, 5.74) is 1.26. The van der Waals surface area contributed by atoms with E-state index in [4.69, 9.17) is 0 Å². The number of hydrogen-bond donors (Lipinski definition) is 0. The summed E-state index contributed by atoms with van der Waals surface area (Å²) < 4.78 is 16.2. The lowest BCUT2D eigenvalue weighted by atomic mass is 10.2. The molecule has 0 saturated heterocycles. The Labute approximate surface area is 142 Å². The quantitative estimate of drug-likeness (QED) is 0.506. The minimum atomic E-state index is -0.413. The first-order valence-corrected chi connectivity index (χ1v) is 8.18. The fourth-order valence-electron chi connectivity index (χ4n) is 2.16. The lowest BCUT2D eigenvalue weighted by Crippen LogP contribution is -2.02. The number of rotatable bonds is 6. The zero-order valence-corrected chi connectivity index (χ0v) is 13.9. The van der Waals surface area contributed by atoms with E-state index in [2.05, 4.69) is 31.7 Å². The summed E-state index contributed by atoms with van der Waals surface area (Å²) >= 11 is 1.13. The van der Waals surface area contributed by atoms with Gasteiger partial charge in [0.25, 0.3) is 0 Å². The Balaban J connectivity index is 2.00.